The number of hydrogen-bond donors (Lipinski definition) is 2. The second kappa shape index (κ2) is 10.8. The van der Waals surface area contributed by atoms with Gasteiger partial charge in [0.05, 0.1) is 19.8 Å². The maximum absolute atomic E-state index is 10.4. The number of nitrogens with zero attached hydrogens (tertiary/aromatic N) is 1. The Hall–Kier alpha value is -0.690. The summed E-state index contributed by atoms with van der Waals surface area (Å²) in [7, 11) is 3.88. The highest BCUT2D eigenvalue weighted by Crippen LogP contribution is 1.84. The first-order chi connectivity index (χ1) is 7.66. The van der Waals surface area contributed by atoms with Crippen LogP contribution in [0, 0.1) is 0 Å². The molecule has 3 N–H and O–H groups in total. The molecule has 0 aromatic rings. The Balaban J connectivity index is 3.18. The minimum Gasteiger partial charge on any atom is -0.379 e. The van der Waals surface area contributed by atoms with Gasteiger partial charge in [0, 0.05) is 19.6 Å². The summed E-state index contributed by atoms with van der Waals surface area (Å²) in [6.45, 7) is 4.41. The normalized spacial score (nSPS) is 10.9. The second-order valence-electron chi connectivity index (χ2n) is 3.54. The average molecular weight is 233 g/mol. The number of rotatable bonds is 11. The molecular weight excluding hydrogens is 210 g/mol. The first-order valence-electron chi connectivity index (χ1n) is 5.43. The van der Waals surface area contributed by atoms with Gasteiger partial charge in [-0.05, 0) is 14.1 Å². The molecule has 0 aliphatic heterocycles. The number of carbonyl (C=O) groups is 1. The molecule has 1 amide bonds. The third-order valence-electron chi connectivity index (χ3n) is 1.98. The number of ether oxygens (including phenoxy) is 2. The van der Waals surface area contributed by atoms with E-state index in [0.717, 1.165) is 26.2 Å². The second-order valence-corrected chi connectivity index (χ2v) is 3.54. The molecule has 0 radical (unpaired) electrons. The Morgan fingerprint density at radius 1 is 1.25 bits per heavy atom. The van der Waals surface area contributed by atoms with Crippen LogP contribution in [0.2, 0.25) is 0 Å². The lowest BCUT2D eigenvalue weighted by molar-refractivity contribution is -0.122. The van der Waals surface area contributed by atoms with Crippen molar-refractivity contribution >= 4 is 5.91 Å². The fraction of sp³-hybridized carbons (Fsp3) is 0.900. The van der Waals surface area contributed by atoms with Gasteiger partial charge in [0.1, 0.15) is 6.61 Å². The molecule has 0 aliphatic carbocycles. The van der Waals surface area contributed by atoms with Gasteiger partial charge in [0.15, 0.2) is 0 Å². The minimum absolute atomic E-state index is 0.00743. The highest BCUT2D eigenvalue weighted by molar-refractivity contribution is 5.74. The fourth-order valence-corrected chi connectivity index (χ4v) is 1.00. The van der Waals surface area contributed by atoms with E-state index in [9.17, 15) is 4.79 Å². The monoisotopic (exact) mass is 233 g/mol. The summed E-state index contributed by atoms with van der Waals surface area (Å²) in [6, 6.07) is 0. The maximum atomic E-state index is 10.4. The molecule has 0 heterocycles. The molecule has 0 rings (SSSR count). The van der Waals surface area contributed by atoms with Gasteiger partial charge in [0.25, 0.3) is 0 Å². The molecule has 0 unspecified atom stereocenters. The van der Waals surface area contributed by atoms with Crippen LogP contribution in [0.4, 0.5) is 0 Å². The predicted molar refractivity (Wildman–Crippen MR) is 62.3 cm³/mol. The number of hydrogen-bond acceptors (Lipinski definition) is 5. The molecular formula is C10H23N3O3. The SMILES string of the molecule is CNCCOCCN(C)CCOCC(N)=O. The van der Waals surface area contributed by atoms with Crippen molar-refractivity contribution < 1.29 is 14.3 Å². The Kier molecular flexibility index (Phi) is 10.3. The van der Waals surface area contributed by atoms with Crippen molar-refractivity contribution in [2.75, 3.05) is 60.2 Å². The summed E-state index contributed by atoms with van der Waals surface area (Å²) in [5, 5.41) is 3.01. The smallest absolute Gasteiger partial charge is 0.243 e. The van der Waals surface area contributed by atoms with Gasteiger partial charge in [-0.25, -0.2) is 0 Å². The van der Waals surface area contributed by atoms with Crippen molar-refractivity contribution in [2.24, 2.45) is 5.73 Å². The molecule has 0 fully saturated rings. The van der Waals surface area contributed by atoms with Crippen LogP contribution in [0.3, 0.4) is 0 Å². The lowest BCUT2D eigenvalue weighted by Crippen LogP contribution is -2.29. The Morgan fingerprint density at radius 3 is 2.44 bits per heavy atom. The number of nitrogens with two attached hydrogens (primary N) is 1. The molecule has 0 atom stereocenters. The fourth-order valence-electron chi connectivity index (χ4n) is 1.00. The van der Waals surface area contributed by atoms with Crippen LogP contribution >= 0.6 is 0 Å². The third kappa shape index (κ3) is 11.4. The van der Waals surface area contributed by atoms with Crippen LogP contribution < -0.4 is 11.1 Å². The summed E-state index contributed by atoms with van der Waals surface area (Å²) in [5.41, 5.74) is 4.93. The molecule has 0 aromatic carbocycles. The first-order valence-corrected chi connectivity index (χ1v) is 5.43. The molecule has 0 bridgehead atoms. The van der Waals surface area contributed by atoms with Crippen molar-refractivity contribution in [3.8, 4) is 0 Å². The summed E-state index contributed by atoms with van der Waals surface area (Å²) in [6.07, 6.45) is 0. The molecule has 0 aromatic heterocycles. The van der Waals surface area contributed by atoms with Crippen molar-refractivity contribution in [3.05, 3.63) is 0 Å². The molecule has 96 valence electrons. The van der Waals surface area contributed by atoms with Crippen LogP contribution in [0.1, 0.15) is 0 Å². The number of nitrogens with one attached hydrogen (secondary N) is 1. The molecule has 16 heavy (non-hydrogen) atoms. The zero-order valence-corrected chi connectivity index (χ0v) is 10.2. The highest BCUT2D eigenvalue weighted by atomic mass is 16.5. The Bertz CT molecular complexity index is 179. The standard InChI is InChI=1S/C10H23N3O3/c1-12-3-6-15-7-4-13(2)5-8-16-9-10(11)14/h12H,3-9H2,1-2H3,(H2,11,14). The van der Waals surface area contributed by atoms with E-state index in [0.29, 0.717) is 13.2 Å². The van der Waals surface area contributed by atoms with E-state index >= 15 is 0 Å². The molecule has 6 nitrogen and oxygen atoms in total. The van der Waals surface area contributed by atoms with Crippen molar-refractivity contribution in [1.29, 1.82) is 0 Å². The van der Waals surface area contributed by atoms with E-state index in [1.807, 2.05) is 14.1 Å². The summed E-state index contributed by atoms with van der Waals surface area (Å²) in [4.78, 5) is 12.5. The predicted octanol–water partition coefficient (Wildman–Crippen LogP) is -1.34. The quantitative estimate of drug-likeness (QED) is 0.432. The van der Waals surface area contributed by atoms with E-state index in [4.69, 9.17) is 15.2 Å². The van der Waals surface area contributed by atoms with Crippen LogP contribution in [0.25, 0.3) is 0 Å². The van der Waals surface area contributed by atoms with Crippen LogP contribution in [-0.4, -0.2) is 71.0 Å². The number of carbonyl (C=O) groups excluding carboxylic acids is 1. The van der Waals surface area contributed by atoms with E-state index in [1.165, 1.54) is 0 Å². The van der Waals surface area contributed by atoms with E-state index in [2.05, 4.69) is 10.2 Å². The van der Waals surface area contributed by atoms with Gasteiger partial charge in [-0.3, -0.25) is 4.79 Å². The summed E-state index contributed by atoms with van der Waals surface area (Å²) in [5.74, 6) is -0.432. The first kappa shape index (κ1) is 15.3. The van der Waals surface area contributed by atoms with Crippen molar-refractivity contribution in [1.82, 2.24) is 10.2 Å². The van der Waals surface area contributed by atoms with Crippen LogP contribution in [-0.2, 0) is 14.3 Å². The van der Waals surface area contributed by atoms with Gasteiger partial charge < -0.3 is 25.4 Å². The van der Waals surface area contributed by atoms with Crippen molar-refractivity contribution in [3.63, 3.8) is 0 Å². The van der Waals surface area contributed by atoms with Gasteiger partial charge >= 0.3 is 0 Å². The molecule has 6 heteroatoms. The molecule has 0 spiro atoms. The Labute approximate surface area is 97.1 Å². The van der Waals surface area contributed by atoms with Gasteiger partial charge in [-0.1, -0.05) is 0 Å². The van der Waals surface area contributed by atoms with Gasteiger partial charge in [0.2, 0.25) is 5.91 Å². The van der Waals surface area contributed by atoms with E-state index in [1.54, 1.807) is 0 Å². The van der Waals surface area contributed by atoms with Crippen molar-refractivity contribution in [2.45, 2.75) is 0 Å². The number of primary amides is 1. The summed E-state index contributed by atoms with van der Waals surface area (Å²) >= 11 is 0. The number of likely N-dealkylation sites (N-methyl/N-ethyl adjacent to an activating group) is 2. The average Bonchev–Trinajstić information content (AvgIpc) is 2.24. The topological polar surface area (TPSA) is 76.8 Å². The van der Waals surface area contributed by atoms with Crippen LogP contribution in [0.5, 0.6) is 0 Å². The van der Waals surface area contributed by atoms with Gasteiger partial charge in [-0.2, -0.15) is 0 Å². The minimum atomic E-state index is -0.432. The highest BCUT2D eigenvalue weighted by Gasteiger charge is 1.99. The van der Waals surface area contributed by atoms with Gasteiger partial charge in [-0.15, -0.1) is 0 Å². The lowest BCUT2D eigenvalue weighted by Gasteiger charge is -2.16. The molecule has 0 aliphatic rings. The van der Waals surface area contributed by atoms with E-state index < -0.39 is 5.91 Å². The van der Waals surface area contributed by atoms with Crippen LogP contribution in [0.15, 0.2) is 0 Å². The molecule has 0 saturated heterocycles. The lowest BCUT2D eigenvalue weighted by atomic mass is 10.5. The third-order valence-corrected chi connectivity index (χ3v) is 1.98. The maximum Gasteiger partial charge on any atom is 0.243 e. The van der Waals surface area contributed by atoms with E-state index in [-0.39, 0.29) is 6.61 Å². The Morgan fingerprint density at radius 2 is 1.88 bits per heavy atom. The largest absolute Gasteiger partial charge is 0.379 e. The molecule has 0 saturated carbocycles. The zero-order chi connectivity index (χ0) is 12.2. The number of amides is 1. The summed E-state index contributed by atoms with van der Waals surface area (Å²) < 4.78 is 10.4. The zero-order valence-electron chi connectivity index (χ0n) is 10.2.